The van der Waals surface area contributed by atoms with Crippen LogP contribution in [0.15, 0.2) is 18.2 Å². The first-order valence-electron chi connectivity index (χ1n) is 8.41. The van der Waals surface area contributed by atoms with E-state index in [2.05, 4.69) is 4.85 Å². The second-order valence-electron chi connectivity index (χ2n) is 7.62. The van der Waals surface area contributed by atoms with Gasteiger partial charge < -0.3 is 0 Å². The van der Waals surface area contributed by atoms with E-state index in [1.165, 1.54) is 13.0 Å². The van der Waals surface area contributed by atoms with Crippen LogP contribution in [-0.4, -0.2) is 11.8 Å². The largest absolute Gasteiger partial charge is 0.319 e. The highest BCUT2D eigenvalue weighted by atomic mass is 19.3. The molecule has 0 amide bonds. The predicted octanol–water partition coefficient (Wildman–Crippen LogP) is 6.28. The summed E-state index contributed by atoms with van der Waals surface area (Å²) in [4.78, 5) is 3.33. The van der Waals surface area contributed by atoms with E-state index in [4.69, 9.17) is 6.57 Å². The van der Waals surface area contributed by atoms with Crippen molar-refractivity contribution < 1.29 is 17.6 Å². The van der Waals surface area contributed by atoms with Gasteiger partial charge in [0, 0.05) is 5.41 Å². The van der Waals surface area contributed by atoms with Crippen molar-refractivity contribution in [3.05, 3.63) is 46.3 Å². The zero-order chi connectivity index (χ0) is 19.4. The van der Waals surface area contributed by atoms with Crippen LogP contribution in [-0.2, 0) is 0 Å². The first kappa shape index (κ1) is 18.5. The lowest BCUT2D eigenvalue weighted by Crippen LogP contribution is -2.68. The Morgan fingerprint density at radius 1 is 1.12 bits per heavy atom. The highest BCUT2D eigenvalue weighted by Gasteiger charge is 2.79. The van der Waals surface area contributed by atoms with Crippen LogP contribution in [0.4, 0.5) is 23.2 Å². The Morgan fingerprint density at radius 3 is 2.27 bits per heavy atom. The summed E-state index contributed by atoms with van der Waals surface area (Å²) in [5.41, 5.74) is -2.45. The van der Waals surface area contributed by atoms with E-state index in [9.17, 15) is 22.8 Å². The molecule has 0 unspecified atom stereocenters. The lowest BCUT2D eigenvalue weighted by molar-refractivity contribution is -0.351. The van der Waals surface area contributed by atoms with Crippen LogP contribution in [0.3, 0.4) is 0 Å². The number of rotatable bonds is 2. The van der Waals surface area contributed by atoms with E-state index >= 15 is 0 Å². The Hall–Kier alpha value is -2.34. The van der Waals surface area contributed by atoms with E-state index in [0.717, 1.165) is 6.08 Å². The number of fused-ring (bicyclic) bond motifs is 3. The van der Waals surface area contributed by atoms with Crippen molar-refractivity contribution in [1.82, 2.24) is 0 Å². The third kappa shape index (κ3) is 2.14. The minimum atomic E-state index is -4.15. The number of hydrogen-bond donors (Lipinski definition) is 0. The lowest BCUT2D eigenvalue weighted by atomic mass is 9.50. The monoisotopic (exact) mass is 362 g/mol. The molecule has 3 fully saturated rings. The second kappa shape index (κ2) is 5.58. The van der Waals surface area contributed by atoms with Gasteiger partial charge in [-0.1, -0.05) is 31.2 Å². The summed E-state index contributed by atoms with van der Waals surface area (Å²) < 4.78 is 58.5. The molecule has 6 heteroatoms. The third-order valence-corrected chi connectivity index (χ3v) is 6.24. The van der Waals surface area contributed by atoms with E-state index in [0.29, 0.717) is 11.1 Å². The van der Waals surface area contributed by atoms with Crippen molar-refractivity contribution in [2.24, 2.45) is 10.8 Å². The molecule has 0 heterocycles. The van der Waals surface area contributed by atoms with Crippen molar-refractivity contribution >= 4 is 11.8 Å². The molecule has 3 aliphatic carbocycles. The van der Waals surface area contributed by atoms with Crippen LogP contribution in [0, 0.1) is 35.7 Å². The summed E-state index contributed by atoms with van der Waals surface area (Å²) in [7, 11) is 0. The van der Waals surface area contributed by atoms with Crippen LogP contribution in [0.5, 0.6) is 0 Å². The smallest absolute Gasteiger partial charge is 0.236 e. The van der Waals surface area contributed by atoms with Gasteiger partial charge in [-0.15, -0.1) is 0 Å². The van der Waals surface area contributed by atoms with E-state index in [1.807, 2.05) is 6.07 Å². The molecule has 0 atom stereocenters. The fraction of sp³-hybridized carbons (Fsp3) is 0.500. The maximum absolute atomic E-state index is 14.8. The Labute approximate surface area is 149 Å². The quantitative estimate of drug-likeness (QED) is 0.449. The SMILES string of the molecule is [C-]#[N+]c1c(C)ccc(/C=C/C23CCC(C)(CC2)C(F)(F)C3(F)F)c1C#N. The first-order chi connectivity index (χ1) is 12.1. The van der Waals surface area contributed by atoms with E-state index in [1.54, 1.807) is 19.1 Å². The molecule has 0 aliphatic heterocycles. The predicted molar refractivity (Wildman–Crippen MR) is 90.1 cm³/mol. The normalized spacial score (nSPS) is 31.5. The standard InChI is InChI=1S/C20H18F4N2/c1-13-4-5-14(15(12-25)16(13)26-3)6-7-18-10-8-17(2,9-11-18)19(21,22)20(18,23)24/h4-7H,8-11H2,1-2H3/b7-6+. The Balaban J connectivity index is 2.08. The average Bonchev–Trinajstić information content (AvgIpc) is 2.60. The molecule has 0 radical (unpaired) electrons. The average molecular weight is 362 g/mol. The van der Waals surface area contributed by atoms with E-state index < -0.39 is 22.7 Å². The molecule has 0 spiro atoms. The molecule has 2 bridgehead atoms. The summed E-state index contributed by atoms with van der Waals surface area (Å²) in [6, 6.07) is 5.11. The lowest BCUT2D eigenvalue weighted by Gasteiger charge is -2.59. The minimum absolute atomic E-state index is 0.0218. The molecule has 1 aromatic rings. The molecule has 1 aromatic carbocycles. The van der Waals surface area contributed by atoms with Crippen LogP contribution < -0.4 is 0 Å². The number of hydrogen-bond acceptors (Lipinski definition) is 1. The minimum Gasteiger partial charge on any atom is -0.236 e. The molecule has 3 aliphatic rings. The molecule has 0 N–H and O–H groups in total. The van der Waals surface area contributed by atoms with Crippen LogP contribution in [0.25, 0.3) is 10.9 Å². The molecular weight excluding hydrogens is 344 g/mol. The number of nitrogens with zero attached hydrogens (tertiary/aromatic N) is 2. The van der Waals surface area contributed by atoms with Crippen LogP contribution >= 0.6 is 0 Å². The third-order valence-electron chi connectivity index (χ3n) is 6.24. The second-order valence-corrected chi connectivity index (χ2v) is 7.62. The van der Waals surface area contributed by atoms with Gasteiger partial charge in [0.05, 0.1) is 23.6 Å². The maximum atomic E-state index is 14.8. The highest BCUT2D eigenvalue weighted by Crippen LogP contribution is 2.70. The molecule has 0 saturated heterocycles. The van der Waals surface area contributed by atoms with Crippen LogP contribution in [0.2, 0.25) is 0 Å². The summed E-state index contributed by atoms with van der Waals surface area (Å²) in [5.74, 6) is -8.23. The van der Waals surface area contributed by atoms with Gasteiger partial charge in [0.2, 0.25) is 5.69 Å². The highest BCUT2D eigenvalue weighted by molar-refractivity contribution is 5.73. The number of allylic oxidation sites excluding steroid dienone is 1. The molecule has 3 saturated carbocycles. The molecule has 2 nitrogen and oxygen atoms in total. The van der Waals surface area contributed by atoms with Crippen molar-refractivity contribution in [3.8, 4) is 6.07 Å². The fourth-order valence-electron chi connectivity index (χ4n) is 4.20. The maximum Gasteiger partial charge on any atom is 0.319 e. The van der Waals surface area contributed by atoms with Gasteiger partial charge in [0.1, 0.15) is 0 Å². The van der Waals surface area contributed by atoms with Gasteiger partial charge in [0.15, 0.2) is 0 Å². The Bertz CT molecular complexity index is 863. The summed E-state index contributed by atoms with van der Waals surface area (Å²) >= 11 is 0. The molecule has 4 rings (SSSR count). The molecule has 0 aromatic heterocycles. The molecule has 26 heavy (non-hydrogen) atoms. The summed E-state index contributed by atoms with van der Waals surface area (Å²) in [5, 5.41) is 9.35. The van der Waals surface area contributed by atoms with Gasteiger partial charge in [0.25, 0.3) is 0 Å². The van der Waals surface area contributed by atoms with Crippen molar-refractivity contribution in [1.29, 1.82) is 5.26 Å². The van der Waals surface area contributed by atoms with Crippen molar-refractivity contribution in [2.75, 3.05) is 0 Å². The zero-order valence-corrected chi connectivity index (χ0v) is 14.5. The summed E-state index contributed by atoms with van der Waals surface area (Å²) in [6.07, 6.45) is 2.49. The topological polar surface area (TPSA) is 28.1 Å². The first-order valence-corrected chi connectivity index (χ1v) is 8.41. The number of aryl methyl sites for hydroxylation is 1. The molecular formula is C20H18F4N2. The van der Waals surface area contributed by atoms with Gasteiger partial charge in [-0.05, 0) is 43.7 Å². The zero-order valence-electron chi connectivity index (χ0n) is 14.5. The Kier molecular flexibility index (Phi) is 3.96. The van der Waals surface area contributed by atoms with Gasteiger partial charge in [-0.2, -0.15) is 22.8 Å². The van der Waals surface area contributed by atoms with Crippen molar-refractivity contribution in [2.45, 2.75) is 51.4 Å². The van der Waals surface area contributed by atoms with Crippen molar-refractivity contribution in [3.63, 3.8) is 0 Å². The van der Waals surface area contributed by atoms with E-state index in [-0.39, 0.29) is 36.9 Å². The number of nitriles is 1. The van der Waals surface area contributed by atoms with Gasteiger partial charge in [-0.25, -0.2) is 4.85 Å². The van der Waals surface area contributed by atoms with Gasteiger partial charge >= 0.3 is 11.8 Å². The fourth-order valence-corrected chi connectivity index (χ4v) is 4.20. The number of halogens is 4. The van der Waals surface area contributed by atoms with Gasteiger partial charge in [-0.3, -0.25) is 0 Å². The van der Waals surface area contributed by atoms with Crippen LogP contribution in [0.1, 0.15) is 49.3 Å². The summed E-state index contributed by atoms with van der Waals surface area (Å²) in [6.45, 7) is 10.1. The number of benzene rings is 1. The number of alkyl halides is 4. The Morgan fingerprint density at radius 2 is 1.73 bits per heavy atom. The molecule has 136 valence electrons.